The van der Waals surface area contributed by atoms with Gasteiger partial charge < -0.3 is 15.3 Å². The number of hydrogen-bond donors (Lipinski definition) is 1. The number of anilines is 1. The van der Waals surface area contributed by atoms with E-state index in [0.29, 0.717) is 4.73 Å². The molecule has 16 heavy (non-hydrogen) atoms. The first-order valence-corrected chi connectivity index (χ1v) is 4.70. The molecule has 0 radical (unpaired) electrons. The fraction of sp³-hybridized carbons (Fsp3) is 0.300. The van der Waals surface area contributed by atoms with E-state index in [4.69, 9.17) is 0 Å². The number of nitrogens with one attached hydrogen (secondary N) is 1. The first kappa shape index (κ1) is 12.0. The smallest absolute Gasteiger partial charge is 0.407 e. The van der Waals surface area contributed by atoms with Crippen LogP contribution in [0, 0.1) is 5.21 Å². The first-order valence-electron chi connectivity index (χ1n) is 4.70. The summed E-state index contributed by atoms with van der Waals surface area (Å²) in [5.74, 6) is -1.07. The van der Waals surface area contributed by atoms with E-state index in [2.05, 4.69) is 10.1 Å². The molecule has 0 aromatic carbocycles. The molecular formula is C10H12N2O4. The maximum absolute atomic E-state index is 11.4. The molecule has 1 aromatic heterocycles. The summed E-state index contributed by atoms with van der Waals surface area (Å²) in [5, 5.41) is 13.8. The lowest BCUT2D eigenvalue weighted by atomic mass is 10.3. The van der Waals surface area contributed by atoms with Crippen molar-refractivity contribution in [2.75, 3.05) is 12.4 Å². The lowest BCUT2D eigenvalue weighted by molar-refractivity contribution is -0.607. The van der Waals surface area contributed by atoms with Crippen LogP contribution in [-0.4, -0.2) is 19.0 Å². The van der Waals surface area contributed by atoms with Gasteiger partial charge >= 0.3 is 11.7 Å². The topological polar surface area (TPSA) is 82.3 Å². The Labute approximate surface area is 92.4 Å². The summed E-state index contributed by atoms with van der Waals surface area (Å²) in [6.45, 7) is 1.67. The second-order valence-corrected chi connectivity index (χ2v) is 2.99. The zero-order valence-electron chi connectivity index (χ0n) is 9.02. The van der Waals surface area contributed by atoms with Crippen molar-refractivity contribution >= 4 is 17.6 Å². The molecule has 0 saturated heterocycles. The second kappa shape index (κ2) is 5.11. The highest BCUT2D eigenvalue weighted by atomic mass is 16.5. The summed E-state index contributed by atoms with van der Waals surface area (Å²) < 4.78 is 4.82. The van der Waals surface area contributed by atoms with Crippen molar-refractivity contribution in [2.24, 2.45) is 0 Å². The predicted octanol–water partition coefficient (Wildman–Crippen LogP) is 0.455. The van der Waals surface area contributed by atoms with Crippen molar-refractivity contribution in [2.45, 2.75) is 13.3 Å². The van der Waals surface area contributed by atoms with Gasteiger partial charge in [-0.15, -0.1) is 0 Å². The molecule has 6 heteroatoms. The molecule has 0 saturated carbocycles. The Hall–Kier alpha value is -2.11. The second-order valence-electron chi connectivity index (χ2n) is 2.99. The molecule has 1 rings (SSSR count). The van der Waals surface area contributed by atoms with Gasteiger partial charge in [-0.05, 0) is 6.07 Å². The molecule has 0 spiro atoms. The van der Waals surface area contributed by atoms with Gasteiger partial charge in [0.1, 0.15) is 5.69 Å². The molecule has 86 valence electrons. The molecule has 0 bridgehead atoms. The zero-order chi connectivity index (χ0) is 12.1. The van der Waals surface area contributed by atoms with Crippen LogP contribution in [0.5, 0.6) is 0 Å². The van der Waals surface area contributed by atoms with Crippen LogP contribution >= 0.6 is 0 Å². The number of ether oxygens (including phenoxy) is 1. The van der Waals surface area contributed by atoms with Crippen LogP contribution in [0.2, 0.25) is 0 Å². The average Bonchev–Trinajstić information content (AvgIpc) is 2.28. The van der Waals surface area contributed by atoms with Gasteiger partial charge in [0.15, 0.2) is 6.20 Å². The quantitative estimate of drug-likeness (QED) is 0.459. The van der Waals surface area contributed by atoms with Gasteiger partial charge in [0.25, 0.3) is 0 Å². The van der Waals surface area contributed by atoms with Crippen LogP contribution in [0.1, 0.15) is 23.8 Å². The van der Waals surface area contributed by atoms with Gasteiger partial charge in [-0.25, -0.2) is 4.79 Å². The van der Waals surface area contributed by atoms with E-state index < -0.39 is 5.97 Å². The Morgan fingerprint density at radius 2 is 2.25 bits per heavy atom. The third-order valence-corrected chi connectivity index (χ3v) is 1.93. The van der Waals surface area contributed by atoms with Crippen LogP contribution in [-0.2, 0) is 9.53 Å². The highest BCUT2D eigenvalue weighted by Crippen LogP contribution is 2.11. The maximum atomic E-state index is 11.4. The van der Waals surface area contributed by atoms with Crippen LogP contribution in [0.4, 0.5) is 5.69 Å². The number of amides is 1. The number of rotatable bonds is 3. The molecule has 1 N–H and O–H groups in total. The zero-order valence-corrected chi connectivity index (χ0v) is 9.02. The third-order valence-electron chi connectivity index (χ3n) is 1.93. The normalized spacial score (nSPS) is 9.62. The number of esters is 1. The number of carbonyl (C=O) groups is 2. The van der Waals surface area contributed by atoms with Gasteiger partial charge in [0, 0.05) is 12.5 Å². The maximum Gasteiger partial charge on any atom is 0.407 e. The van der Waals surface area contributed by atoms with E-state index in [0.717, 1.165) is 6.20 Å². The molecule has 1 heterocycles. The minimum atomic E-state index is -0.790. The van der Waals surface area contributed by atoms with Crippen LogP contribution in [0.15, 0.2) is 18.3 Å². The Morgan fingerprint density at radius 3 is 2.81 bits per heavy atom. The minimum Gasteiger partial charge on any atom is -0.618 e. The van der Waals surface area contributed by atoms with Crippen molar-refractivity contribution in [3.63, 3.8) is 0 Å². The van der Waals surface area contributed by atoms with E-state index >= 15 is 0 Å². The van der Waals surface area contributed by atoms with Crippen molar-refractivity contribution in [1.82, 2.24) is 0 Å². The Morgan fingerprint density at radius 1 is 1.56 bits per heavy atom. The highest BCUT2D eigenvalue weighted by molar-refractivity contribution is 5.98. The van der Waals surface area contributed by atoms with Crippen molar-refractivity contribution in [3.05, 3.63) is 29.2 Å². The van der Waals surface area contributed by atoms with Crippen molar-refractivity contribution < 1.29 is 19.1 Å². The lowest BCUT2D eigenvalue weighted by Gasteiger charge is -2.08. The van der Waals surface area contributed by atoms with Gasteiger partial charge in [-0.1, -0.05) is 6.92 Å². The largest absolute Gasteiger partial charge is 0.618 e. The molecule has 0 unspecified atom stereocenters. The highest BCUT2D eigenvalue weighted by Gasteiger charge is 2.23. The summed E-state index contributed by atoms with van der Waals surface area (Å²) in [6.07, 6.45) is 1.42. The summed E-state index contributed by atoms with van der Waals surface area (Å²) in [7, 11) is 1.17. The van der Waals surface area contributed by atoms with Crippen molar-refractivity contribution in [3.8, 4) is 0 Å². The Kier molecular flexibility index (Phi) is 3.82. The number of hydrogen-bond acceptors (Lipinski definition) is 4. The number of carbonyl (C=O) groups excluding carboxylic acids is 2. The molecule has 6 nitrogen and oxygen atoms in total. The molecule has 1 amide bonds. The minimum absolute atomic E-state index is 0.149. The van der Waals surface area contributed by atoms with Crippen LogP contribution in [0.25, 0.3) is 0 Å². The van der Waals surface area contributed by atoms with E-state index in [1.165, 1.54) is 19.2 Å². The number of pyridine rings is 1. The summed E-state index contributed by atoms with van der Waals surface area (Å²) in [5.41, 5.74) is -0.0806. The average molecular weight is 224 g/mol. The fourth-order valence-electron chi connectivity index (χ4n) is 1.13. The Bertz CT molecular complexity index is 417. The molecule has 0 aliphatic rings. The molecular weight excluding hydrogens is 212 g/mol. The third kappa shape index (κ3) is 2.47. The van der Waals surface area contributed by atoms with Crippen LogP contribution in [0.3, 0.4) is 0 Å². The molecule has 0 aliphatic carbocycles. The summed E-state index contributed by atoms with van der Waals surface area (Å²) in [6, 6.07) is 2.90. The number of nitrogens with zero attached hydrogens (tertiary/aromatic N) is 1. The van der Waals surface area contributed by atoms with Gasteiger partial charge in [0.05, 0.1) is 7.11 Å². The standard InChI is InChI=1S/C10H12N2O4/c1-3-8(13)11-7-5-4-6-12(15)9(7)10(14)16-2/h4-6H,3H2,1-2H3,(H,11,13). The molecule has 0 atom stereocenters. The van der Waals surface area contributed by atoms with E-state index in [1.54, 1.807) is 6.92 Å². The number of aromatic nitrogens is 1. The summed E-state index contributed by atoms with van der Waals surface area (Å²) >= 11 is 0. The van der Waals surface area contributed by atoms with E-state index in [9.17, 15) is 14.8 Å². The van der Waals surface area contributed by atoms with E-state index in [1.807, 2.05) is 0 Å². The first-order chi connectivity index (χ1) is 7.60. The number of methoxy groups -OCH3 is 1. The molecule has 0 fully saturated rings. The van der Waals surface area contributed by atoms with Crippen molar-refractivity contribution in [1.29, 1.82) is 0 Å². The predicted molar refractivity (Wildman–Crippen MR) is 55.7 cm³/mol. The van der Waals surface area contributed by atoms with E-state index in [-0.39, 0.29) is 23.7 Å². The fourth-order valence-corrected chi connectivity index (χ4v) is 1.13. The monoisotopic (exact) mass is 224 g/mol. The molecule has 1 aromatic rings. The van der Waals surface area contributed by atoms with Gasteiger partial charge in [-0.2, -0.15) is 4.73 Å². The Balaban J connectivity index is 3.12. The summed E-state index contributed by atoms with van der Waals surface area (Å²) in [4.78, 5) is 22.5. The van der Waals surface area contributed by atoms with Gasteiger partial charge in [0.2, 0.25) is 5.91 Å². The van der Waals surface area contributed by atoms with Crippen LogP contribution < -0.4 is 10.0 Å². The molecule has 0 aliphatic heterocycles. The lowest BCUT2D eigenvalue weighted by Crippen LogP contribution is -2.36. The van der Waals surface area contributed by atoms with Gasteiger partial charge in [-0.3, -0.25) is 4.79 Å². The SMILES string of the molecule is CCC(=O)Nc1ccc[n+]([O-])c1C(=O)OC.